The van der Waals surface area contributed by atoms with Crippen molar-refractivity contribution in [3.8, 4) is 5.75 Å². The fourth-order valence-corrected chi connectivity index (χ4v) is 5.01. The number of hydrogen-bond acceptors (Lipinski definition) is 5. The number of benzene rings is 1. The molecule has 1 aromatic heterocycles. The number of thiophene rings is 1. The number of nitrogens with one attached hydrogen (secondary N) is 1. The number of amides is 1. The standard InChI is InChI=1S/C23H27ClN2O4S/c1-4-25(5-2)11-7-12-26-20(18-8-6-13-31-18)19(22(28)23(26)29)21(27)15-9-10-17(30-3)16(24)14-15/h6,8-10,13-14,20,27H,4-5,7,11-12H2,1-3H3. The second-order valence-corrected chi connectivity index (χ2v) is 8.78. The Kier molecular flexibility index (Phi) is 7.75. The molecule has 0 spiro atoms. The molecule has 0 saturated carbocycles. The van der Waals surface area contributed by atoms with Crippen molar-refractivity contribution in [1.82, 2.24) is 4.90 Å². The molecule has 31 heavy (non-hydrogen) atoms. The summed E-state index contributed by atoms with van der Waals surface area (Å²) in [6.07, 6.45) is 0.758. The molecular weight excluding hydrogens is 436 g/mol. The lowest BCUT2D eigenvalue weighted by molar-refractivity contribution is -0.896. The van der Waals surface area contributed by atoms with Gasteiger partial charge in [0.05, 0.1) is 37.8 Å². The molecule has 1 aromatic carbocycles. The number of ketones is 1. The van der Waals surface area contributed by atoms with Crippen LogP contribution < -0.4 is 14.7 Å². The summed E-state index contributed by atoms with van der Waals surface area (Å²) in [6.45, 7) is 7.60. The van der Waals surface area contributed by atoms with Crippen LogP contribution in [0.3, 0.4) is 0 Å². The van der Waals surface area contributed by atoms with Crippen LogP contribution in [0, 0.1) is 0 Å². The van der Waals surface area contributed by atoms with E-state index in [9.17, 15) is 14.7 Å². The van der Waals surface area contributed by atoms with Crippen molar-refractivity contribution in [1.29, 1.82) is 0 Å². The Morgan fingerprint density at radius 1 is 1.26 bits per heavy atom. The fourth-order valence-electron chi connectivity index (χ4n) is 3.91. The second kappa shape index (κ2) is 10.3. The van der Waals surface area contributed by atoms with Crippen LogP contribution in [0.5, 0.6) is 5.75 Å². The summed E-state index contributed by atoms with van der Waals surface area (Å²) in [7, 11) is 1.49. The number of ether oxygens (including phenoxy) is 1. The van der Waals surface area contributed by atoms with Gasteiger partial charge in [-0.05, 0) is 43.0 Å². The number of rotatable bonds is 9. The van der Waals surface area contributed by atoms with Crippen LogP contribution in [0.2, 0.25) is 5.02 Å². The number of methoxy groups -OCH3 is 1. The van der Waals surface area contributed by atoms with E-state index in [1.54, 1.807) is 17.0 Å². The first kappa shape index (κ1) is 23.3. The molecule has 1 N–H and O–H groups in total. The quantitative estimate of drug-likeness (QED) is 0.351. The van der Waals surface area contributed by atoms with Crippen molar-refractivity contribution in [3.63, 3.8) is 0 Å². The molecule has 0 aliphatic carbocycles. The number of carbonyl (C=O) groups excluding carboxylic acids is 2. The van der Waals surface area contributed by atoms with Gasteiger partial charge in [0.15, 0.2) is 0 Å². The molecule has 166 valence electrons. The lowest BCUT2D eigenvalue weighted by Crippen LogP contribution is -3.11. The number of carbonyl (C=O) groups is 2. The predicted molar refractivity (Wildman–Crippen MR) is 120 cm³/mol. The van der Waals surface area contributed by atoms with Crippen LogP contribution in [0.4, 0.5) is 0 Å². The molecule has 1 fully saturated rings. The third-order valence-corrected chi connectivity index (χ3v) is 6.91. The monoisotopic (exact) mass is 462 g/mol. The third-order valence-electron chi connectivity index (χ3n) is 5.69. The Labute approximate surface area is 191 Å². The van der Waals surface area contributed by atoms with E-state index in [-0.39, 0.29) is 16.2 Å². The molecule has 2 aromatic rings. The molecule has 1 aliphatic rings. The summed E-state index contributed by atoms with van der Waals surface area (Å²) in [4.78, 5) is 29.6. The lowest BCUT2D eigenvalue weighted by Gasteiger charge is -2.27. The second-order valence-electron chi connectivity index (χ2n) is 7.40. The predicted octanol–water partition coefficient (Wildman–Crippen LogP) is 1.95. The van der Waals surface area contributed by atoms with E-state index in [2.05, 4.69) is 13.8 Å². The highest BCUT2D eigenvalue weighted by Crippen LogP contribution is 2.41. The van der Waals surface area contributed by atoms with Gasteiger partial charge >= 0.3 is 0 Å². The van der Waals surface area contributed by atoms with Crippen LogP contribution in [-0.4, -0.2) is 49.9 Å². The van der Waals surface area contributed by atoms with Gasteiger partial charge in [-0.3, -0.25) is 9.59 Å². The van der Waals surface area contributed by atoms with Gasteiger partial charge in [0.25, 0.3) is 5.91 Å². The van der Waals surface area contributed by atoms with Crippen LogP contribution >= 0.6 is 22.9 Å². The zero-order chi connectivity index (χ0) is 22.5. The van der Waals surface area contributed by atoms with Crippen molar-refractivity contribution in [2.45, 2.75) is 26.3 Å². The Hall–Kier alpha value is -2.35. The number of Topliss-reactive ketones (excluding diaryl/α,β-unsaturated/α-hetero) is 1. The lowest BCUT2D eigenvalue weighted by atomic mass is 9.99. The van der Waals surface area contributed by atoms with Gasteiger partial charge in [0, 0.05) is 23.4 Å². The average molecular weight is 463 g/mol. The van der Waals surface area contributed by atoms with Gasteiger partial charge in [0.1, 0.15) is 5.75 Å². The zero-order valence-corrected chi connectivity index (χ0v) is 19.5. The summed E-state index contributed by atoms with van der Waals surface area (Å²) in [5, 5.41) is 15.5. The molecule has 2 heterocycles. The maximum absolute atomic E-state index is 13.3. The highest BCUT2D eigenvalue weighted by molar-refractivity contribution is 7.10. The number of nitrogens with zero attached hydrogens (tertiary/aromatic N) is 1. The van der Waals surface area contributed by atoms with E-state index in [0.29, 0.717) is 12.3 Å². The smallest absolute Gasteiger partial charge is 0.295 e. The van der Waals surface area contributed by atoms with E-state index in [1.807, 2.05) is 17.5 Å². The van der Waals surface area contributed by atoms with Gasteiger partial charge in [0.2, 0.25) is 5.78 Å². The molecule has 1 aliphatic heterocycles. The highest BCUT2D eigenvalue weighted by atomic mass is 35.5. The van der Waals surface area contributed by atoms with E-state index in [0.717, 1.165) is 30.9 Å². The number of quaternary nitrogens is 1. The van der Waals surface area contributed by atoms with Crippen molar-refractivity contribution < 1.29 is 24.3 Å². The highest BCUT2D eigenvalue weighted by Gasteiger charge is 2.44. The fraction of sp³-hybridized carbons (Fsp3) is 0.391. The minimum absolute atomic E-state index is 0.0103. The molecule has 1 unspecified atom stereocenters. The Bertz CT molecular complexity index is 970. The third kappa shape index (κ3) is 4.79. The largest absolute Gasteiger partial charge is 0.872 e. The number of likely N-dealkylation sites (tertiary alicyclic amines) is 1. The average Bonchev–Trinajstić information content (AvgIpc) is 3.38. The van der Waals surface area contributed by atoms with Gasteiger partial charge in [-0.1, -0.05) is 29.5 Å². The summed E-state index contributed by atoms with van der Waals surface area (Å²) in [6, 6.07) is 7.68. The first-order valence-electron chi connectivity index (χ1n) is 10.4. The van der Waals surface area contributed by atoms with Crippen molar-refractivity contribution in [3.05, 3.63) is 56.7 Å². The van der Waals surface area contributed by atoms with Crippen LogP contribution in [0.15, 0.2) is 41.3 Å². The number of hydrogen-bond donors (Lipinski definition) is 1. The summed E-state index contributed by atoms with van der Waals surface area (Å²) < 4.78 is 5.14. The van der Waals surface area contributed by atoms with E-state index in [4.69, 9.17) is 16.3 Å². The van der Waals surface area contributed by atoms with Gasteiger partial charge in [-0.15, -0.1) is 11.3 Å². The molecule has 6 nitrogen and oxygen atoms in total. The Balaban J connectivity index is 1.98. The topological polar surface area (TPSA) is 74.1 Å². The Morgan fingerprint density at radius 3 is 2.58 bits per heavy atom. The zero-order valence-electron chi connectivity index (χ0n) is 17.9. The van der Waals surface area contributed by atoms with Crippen molar-refractivity contribution in [2.75, 3.05) is 33.3 Å². The molecule has 8 heteroatoms. The van der Waals surface area contributed by atoms with Crippen LogP contribution in [-0.2, 0) is 9.59 Å². The van der Waals surface area contributed by atoms with Crippen molar-refractivity contribution >= 4 is 40.4 Å². The van der Waals surface area contributed by atoms with Gasteiger partial charge < -0.3 is 19.6 Å². The summed E-state index contributed by atoms with van der Waals surface area (Å²) in [5.41, 5.74) is 0.252. The maximum atomic E-state index is 13.3. The minimum atomic E-state index is -0.731. The molecule has 1 amide bonds. The molecule has 1 saturated heterocycles. The number of halogens is 1. The van der Waals surface area contributed by atoms with Crippen LogP contribution in [0.25, 0.3) is 5.76 Å². The normalized spacial score (nSPS) is 18.2. The SMILES string of the molecule is CC[NH+](CC)CCCN1C(=O)C(=O)C(=C([O-])c2ccc(OC)c(Cl)c2)C1c1cccs1. The molecule has 3 rings (SSSR count). The first-order valence-corrected chi connectivity index (χ1v) is 11.7. The van der Waals surface area contributed by atoms with E-state index in [1.165, 1.54) is 29.4 Å². The first-order chi connectivity index (χ1) is 14.9. The maximum Gasteiger partial charge on any atom is 0.295 e. The minimum Gasteiger partial charge on any atom is -0.872 e. The van der Waals surface area contributed by atoms with Crippen molar-refractivity contribution in [2.24, 2.45) is 0 Å². The Morgan fingerprint density at radius 2 is 2.00 bits per heavy atom. The molecular formula is C23H27ClN2O4S. The van der Waals surface area contributed by atoms with E-state index < -0.39 is 23.5 Å². The summed E-state index contributed by atoms with van der Waals surface area (Å²) in [5.74, 6) is -1.38. The molecule has 0 radical (unpaired) electrons. The van der Waals surface area contributed by atoms with Gasteiger partial charge in [-0.25, -0.2) is 0 Å². The summed E-state index contributed by atoms with van der Waals surface area (Å²) >= 11 is 7.62. The van der Waals surface area contributed by atoms with Gasteiger partial charge in [-0.2, -0.15) is 0 Å². The molecule has 1 atom stereocenters. The molecule has 0 bridgehead atoms. The van der Waals surface area contributed by atoms with Crippen LogP contribution in [0.1, 0.15) is 36.8 Å². The van der Waals surface area contributed by atoms with E-state index >= 15 is 0 Å².